The van der Waals surface area contributed by atoms with Crippen LogP contribution in [0.25, 0.3) is 11.2 Å². The van der Waals surface area contributed by atoms with Gasteiger partial charge in [-0.1, -0.05) is 23.7 Å². The van der Waals surface area contributed by atoms with Gasteiger partial charge in [-0.15, -0.1) is 0 Å². The predicted octanol–water partition coefficient (Wildman–Crippen LogP) is 3.44. The summed E-state index contributed by atoms with van der Waals surface area (Å²) in [6, 6.07) is 8.53. The average molecular weight is 431 g/mol. The molecule has 1 N–H and O–H groups in total. The Morgan fingerprint density at radius 1 is 1.07 bits per heavy atom. The maximum absolute atomic E-state index is 13.1. The molecule has 0 saturated heterocycles. The highest BCUT2D eigenvalue weighted by Gasteiger charge is 2.21. The van der Waals surface area contributed by atoms with E-state index in [2.05, 4.69) is 5.32 Å². The molecule has 0 fully saturated rings. The minimum atomic E-state index is -1.11. The molecule has 0 radical (unpaired) electrons. The predicted molar refractivity (Wildman–Crippen MR) is 115 cm³/mol. The minimum absolute atomic E-state index is 0.0594. The second kappa shape index (κ2) is 8.85. The van der Waals surface area contributed by atoms with Crippen molar-refractivity contribution in [2.75, 3.05) is 20.6 Å². The molecule has 0 aliphatic rings. The molecule has 8 heteroatoms. The van der Waals surface area contributed by atoms with Gasteiger partial charge in [0.25, 0.3) is 5.91 Å². The zero-order chi connectivity index (χ0) is 22.0. The molecule has 0 spiro atoms. The number of amides is 1. The van der Waals surface area contributed by atoms with E-state index in [9.17, 15) is 14.4 Å². The van der Waals surface area contributed by atoms with Gasteiger partial charge in [0.1, 0.15) is 0 Å². The summed E-state index contributed by atoms with van der Waals surface area (Å²) in [4.78, 5) is 38.2. The van der Waals surface area contributed by atoms with Gasteiger partial charge in [0.15, 0.2) is 11.2 Å². The van der Waals surface area contributed by atoms with E-state index in [1.165, 1.54) is 6.07 Å². The summed E-state index contributed by atoms with van der Waals surface area (Å²) in [5.74, 6) is -0.315. The Bertz CT molecular complexity index is 1200. The van der Waals surface area contributed by atoms with Crippen molar-refractivity contribution in [1.29, 1.82) is 0 Å². The zero-order valence-corrected chi connectivity index (χ0v) is 18.0. The Kier molecular flexibility index (Phi) is 6.43. The highest BCUT2D eigenvalue weighted by Crippen LogP contribution is 2.25. The molecule has 0 saturated carbocycles. The van der Waals surface area contributed by atoms with Gasteiger partial charge in [-0.25, -0.2) is 9.59 Å². The van der Waals surface area contributed by atoms with Crippen molar-refractivity contribution in [1.82, 2.24) is 10.2 Å². The summed E-state index contributed by atoms with van der Waals surface area (Å²) >= 11 is 6.00. The van der Waals surface area contributed by atoms with E-state index in [4.69, 9.17) is 20.4 Å². The van der Waals surface area contributed by atoms with Crippen molar-refractivity contribution in [3.8, 4) is 0 Å². The lowest BCUT2D eigenvalue weighted by molar-refractivity contribution is 0.0932. The van der Waals surface area contributed by atoms with Crippen molar-refractivity contribution < 1.29 is 13.6 Å². The maximum atomic E-state index is 13.1. The van der Waals surface area contributed by atoms with Gasteiger partial charge in [-0.3, -0.25) is 4.79 Å². The quantitative estimate of drug-likeness (QED) is 0.602. The molecule has 1 unspecified atom stereocenters. The first kappa shape index (κ1) is 21.8. The first-order valence-corrected chi connectivity index (χ1v) is 9.84. The Morgan fingerprint density at radius 2 is 1.70 bits per heavy atom. The fourth-order valence-electron chi connectivity index (χ4n) is 3.22. The van der Waals surface area contributed by atoms with E-state index in [-0.39, 0.29) is 23.1 Å². The van der Waals surface area contributed by atoms with E-state index < -0.39 is 11.3 Å². The van der Waals surface area contributed by atoms with Crippen molar-refractivity contribution in [2.45, 2.75) is 26.3 Å². The third-order valence-electron chi connectivity index (χ3n) is 5.06. The van der Waals surface area contributed by atoms with Crippen LogP contribution in [0.2, 0.25) is 5.02 Å². The van der Waals surface area contributed by atoms with Crippen LogP contribution in [0.15, 0.2) is 48.8 Å². The number of hydrogen-bond donors (Lipinski definition) is 1. The average Bonchev–Trinajstić information content (AvgIpc) is 2.70. The minimum Gasteiger partial charge on any atom is -0.414 e. The fraction of sp³-hybridized carbons (Fsp3) is 0.318. The first-order chi connectivity index (χ1) is 14.2. The largest absolute Gasteiger partial charge is 0.423 e. The van der Waals surface area contributed by atoms with Crippen LogP contribution in [0.5, 0.6) is 0 Å². The van der Waals surface area contributed by atoms with Crippen LogP contribution < -0.4 is 16.6 Å². The monoisotopic (exact) mass is 430 g/mol. The fourth-order valence-corrected chi connectivity index (χ4v) is 3.34. The first-order valence-electron chi connectivity index (χ1n) is 9.46. The van der Waals surface area contributed by atoms with Crippen LogP contribution in [-0.2, 0) is 0 Å². The number of halogens is 1. The molecule has 3 aromatic rings. The highest BCUT2D eigenvalue weighted by molar-refractivity contribution is 6.30. The molecule has 1 heterocycles. The van der Waals surface area contributed by atoms with Crippen molar-refractivity contribution >= 4 is 28.7 Å². The number of nitrogens with zero attached hydrogens (tertiary/aromatic N) is 1. The number of aryl methyl sites for hydroxylation is 1. The van der Waals surface area contributed by atoms with Crippen LogP contribution in [-0.4, -0.2) is 31.4 Å². The Balaban J connectivity index is 1.98. The molecule has 1 atom stereocenters. The summed E-state index contributed by atoms with van der Waals surface area (Å²) in [5.41, 5.74) is 0.521. The number of nitrogens with one attached hydrogen (secondary N) is 1. The van der Waals surface area contributed by atoms with Crippen molar-refractivity contribution in [3.63, 3.8) is 0 Å². The lowest BCUT2D eigenvalue weighted by atomic mass is 9.99. The number of hydrogen-bond acceptors (Lipinski definition) is 6. The van der Waals surface area contributed by atoms with Gasteiger partial charge in [-0.2, -0.15) is 0 Å². The molecule has 0 bridgehead atoms. The molecule has 0 aliphatic heterocycles. The standard InChI is InChI=1S/C22H23ClN2O5/c1-12-13(2)19-18(29-21(27)22(28)30-19)11-16(12)20(26)24-17(9-10-25(3)4)14-5-7-15(23)8-6-14/h5-8,11,17H,9-10H2,1-4H3,(H,24,26). The number of fused-ring (bicyclic) bond motifs is 1. The highest BCUT2D eigenvalue weighted by atomic mass is 35.5. The second-order valence-corrected chi connectivity index (χ2v) is 7.89. The molecule has 1 aromatic heterocycles. The van der Waals surface area contributed by atoms with Crippen molar-refractivity contribution in [3.05, 3.63) is 78.4 Å². The van der Waals surface area contributed by atoms with E-state index in [0.717, 1.165) is 12.1 Å². The molecule has 2 aromatic carbocycles. The lowest BCUT2D eigenvalue weighted by Gasteiger charge is -2.22. The Labute approximate surface area is 178 Å². The normalized spacial score (nSPS) is 12.3. The Morgan fingerprint density at radius 3 is 2.33 bits per heavy atom. The van der Waals surface area contributed by atoms with Gasteiger partial charge >= 0.3 is 11.3 Å². The third-order valence-corrected chi connectivity index (χ3v) is 5.31. The van der Waals surface area contributed by atoms with E-state index in [1.54, 1.807) is 26.0 Å². The SMILES string of the molecule is Cc1c(C(=O)NC(CCN(C)C)c2ccc(Cl)cc2)cc2oc(=O)c(=O)oc2c1C. The van der Waals surface area contributed by atoms with E-state index in [1.807, 2.05) is 31.1 Å². The smallest absolute Gasteiger partial charge is 0.414 e. The maximum Gasteiger partial charge on any atom is 0.423 e. The van der Waals surface area contributed by atoms with Gasteiger partial charge in [0.2, 0.25) is 0 Å². The molecule has 3 rings (SSSR count). The van der Waals surface area contributed by atoms with Crippen molar-refractivity contribution in [2.24, 2.45) is 0 Å². The summed E-state index contributed by atoms with van der Waals surface area (Å²) < 4.78 is 10.1. The van der Waals surface area contributed by atoms with Crippen LogP contribution in [0.3, 0.4) is 0 Å². The topological polar surface area (TPSA) is 92.8 Å². The molecule has 1 amide bonds. The number of carbonyl (C=O) groups excluding carboxylic acids is 1. The summed E-state index contributed by atoms with van der Waals surface area (Å²) in [6.45, 7) is 4.23. The van der Waals surface area contributed by atoms with Crippen LogP contribution in [0, 0.1) is 13.8 Å². The van der Waals surface area contributed by atoms with Crippen LogP contribution in [0.4, 0.5) is 0 Å². The second-order valence-electron chi connectivity index (χ2n) is 7.45. The lowest BCUT2D eigenvalue weighted by Crippen LogP contribution is -2.31. The zero-order valence-electron chi connectivity index (χ0n) is 17.2. The summed E-state index contributed by atoms with van der Waals surface area (Å²) in [6.07, 6.45) is 0.690. The Hall–Kier alpha value is -2.90. The molecule has 158 valence electrons. The van der Waals surface area contributed by atoms with Gasteiger partial charge in [0.05, 0.1) is 6.04 Å². The number of carbonyl (C=O) groups is 1. The van der Waals surface area contributed by atoms with Gasteiger partial charge in [0, 0.05) is 10.6 Å². The molecule has 0 aliphatic carbocycles. The summed E-state index contributed by atoms with van der Waals surface area (Å²) in [5, 5.41) is 3.68. The molecular formula is C22H23ClN2O5. The van der Waals surface area contributed by atoms with Gasteiger partial charge < -0.3 is 19.1 Å². The summed E-state index contributed by atoms with van der Waals surface area (Å²) in [7, 11) is 3.93. The number of rotatable bonds is 6. The van der Waals surface area contributed by atoms with Crippen LogP contribution in [0.1, 0.15) is 39.5 Å². The van der Waals surface area contributed by atoms with E-state index in [0.29, 0.717) is 28.1 Å². The third kappa shape index (κ3) is 4.63. The van der Waals surface area contributed by atoms with E-state index >= 15 is 0 Å². The number of benzene rings is 2. The van der Waals surface area contributed by atoms with Crippen LogP contribution >= 0.6 is 11.6 Å². The van der Waals surface area contributed by atoms with Gasteiger partial charge in [-0.05, 0) is 75.8 Å². The molecular weight excluding hydrogens is 408 g/mol. The molecule has 30 heavy (non-hydrogen) atoms. The molecule has 7 nitrogen and oxygen atoms in total.